The summed E-state index contributed by atoms with van der Waals surface area (Å²) in [6.07, 6.45) is 4.98. The van der Waals surface area contributed by atoms with E-state index < -0.39 is 17.2 Å². The molecule has 1 aromatic carbocycles. The summed E-state index contributed by atoms with van der Waals surface area (Å²) in [6, 6.07) is 5.07. The lowest BCUT2D eigenvalue weighted by Crippen LogP contribution is -2.41. The fourth-order valence-corrected chi connectivity index (χ4v) is 4.20. The number of fused-ring (bicyclic) bond motifs is 1. The molecule has 0 spiro atoms. The maximum atomic E-state index is 14.4. The molecule has 11 heteroatoms. The molecule has 0 aliphatic carbocycles. The fourth-order valence-electron chi connectivity index (χ4n) is 4.20. The molecule has 3 heterocycles. The van der Waals surface area contributed by atoms with E-state index in [1.165, 1.54) is 12.4 Å². The largest absolute Gasteiger partial charge is 0.444 e. The predicted molar refractivity (Wildman–Crippen MR) is 132 cm³/mol. The van der Waals surface area contributed by atoms with Crippen molar-refractivity contribution in [3.63, 3.8) is 0 Å². The van der Waals surface area contributed by atoms with Crippen LogP contribution in [0.1, 0.15) is 50.7 Å². The molecule has 2 aromatic heterocycles. The molecule has 1 aliphatic heterocycles. The zero-order valence-electron chi connectivity index (χ0n) is 20.5. The normalized spacial score (nSPS) is 14.3. The van der Waals surface area contributed by atoms with Crippen LogP contribution in [-0.2, 0) is 23.4 Å². The van der Waals surface area contributed by atoms with Gasteiger partial charge in [0.15, 0.2) is 5.82 Å². The van der Waals surface area contributed by atoms with Gasteiger partial charge in [0.2, 0.25) is 0 Å². The molecule has 1 N–H and O–H groups in total. The zero-order valence-corrected chi connectivity index (χ0v) is 21.3. The first-order chi connectivity index (χ1) is 16.5. The van der Waals surface area contributed by atoms with Crippen LogP contribution in [0, 0.1) is 12.7 Å². The lowest BCUT2D eigenvalue weighted by Gasteiger charge is -2.33. The predicted octanol–water partition coefficient (Wildman–Crippen LogP) is 4.60. The van der Waals surface area contributed by atoms with E-state index in [4.69, 9.17) is 13.2 Å². The molecule has 4 rings (SSSR count). The molecular weight excluding hydrogens is 473 g/mol. The van der Waals surface area contributed by atoms with Crippen molar-refractivity contribution in [3.05, 3.63) is 47.7 Å². The Bertz CT molecular complexity index is 1240. The number of piperidine rings is 1. The lowest BCUT2D eigenvalue weighted by atomic mass is 9.90. The van der Waals surface area contributed by atoms with E-state index in [9.17, 15) is 9.18 Å². The maximum Gasteiger partial charge on any atom is 0.410 e. The number of nitrogens with zero attached hydrogens (tertiary/aromatic N) is 4. The van der Waals surface area contributed by atoms with Gasteiger partial charge in [0, 0.05) is 26.3 Å². The Hall–Kier alpha value is -3.34. The Morgan fingerprint density at radius 2 is 1.86 bits per heavy atom. The topological polar surface area (TPSA) is 106 Å². The quantitative estimate of drug-likeness (QED) is 0.557. The van der Waals surface area contributed by atoms with Crippen LogP contribution in [0.25, 0.3) is 11.0 Å². The second-order valence-electron chi connectivity index (χ2n) is 9.53. The van der Waals surface area contributed by atoms with Gasteiger partial charge in [-0.25, -0.2) is 19.2 Å². The number of ether oxygens (including phenoxy) is 1. The molecule has 0 atom stereocenters. The van der Waals surface area contributed by atoms with Gasteiger partial charge in [-0.1, -0.05) is 6.07 Å². The molecule has 0 saturated carbocycles. The minimum atomic E-state index is -0.750. The van der Waals surface area contributed by atoms with Crippen molar-refractivity contribution in [2.24, 2.45) is 7.05 Å². The van der Waals surface area contributed by atoms with Crippen LogP contribution < -0.4 is 5.32 Å². The molecule has 35 heavy (non-hydrogen) atoms. The number of carbonyl (C=O) groups is 1. The standard InChI is InChI=1S/C24H30FN5O2.O2S/c1-15-6-7-19(18(25)12-15)28-22-21-20(26-14-27-22)17(13-29(21)5)16-8-10-30(11-9-16)23(31)32-24(2,3)4;1-3-2/h6-7,12-14,16H,8-11H2,1-5H3,(H,26,27,28);. The highest BCUT2D eigenvalue weighted by molar-refractivity contribution is 7.51. The van der Waals surface area contributed by atoms with Crippen molar-refractivity contribution < 1.29 is 22.3 Å². The zero-order chi connectivity index (χ0) is 25.8. The third kappa shape index (κ3) is 6.41. The highest BCUT2D eigenvalue weighted by atomic mass is 32.1. The Morgan fingerprint density at radius 1 is 1.20 bits per heavy atom. The van der Waals surface area contributed by atoms with Gasteiger partial charge in [0.05, 0.1) is 11.2 Å². The highest BCUT2D eigenvalue weighted by Crippen LogP contribution is 2.36. The lowest BCUT2D eigenvalue weighted by molar-refractivity contribution is 0.0205. The number of amides is 1. The minimum absolute atomic E-state index is 0.261. The summed E-state index contributed by atoms with van der Waals surface area (Å²) in [7, 11) is 1.95. The van der Waals surface area contributed by atoms with E-state index in [0.29, 0.717) is 24.6 Å². The molecule has 0 radical (unpaired) electrons. The van der Waals surface area contributed by atoms with Crippen molar-refractivity contribution >= 4 is 40.2 Å². The number of benzene rings is 1. The summed E-state index contributed by atoms with van der Waals surface area (Å²) in [5.41, 5.74) is 3.55. The molecule has 9 nitrogen and oxygen atoms in total. The molecule has 1 amide bonds. The van der Waals surface area contributed by atoms with Crippen molar-refractivity contribution in [2.75, 3.05) is 18.4 Å². The first-order valence-electron chi connectivity index (χ1n) is 11.3. The summed E-state index contributed by atoms with van der Waals surface area (Å²) >= 11 is -0.750. The maximum absolute atomic E-state index is 14.4. The SMILES string of the molecule is Cc1ccc(Nc2ncnc3c(C4CCN(C(=O)OC(C)(C)C)CC4)cn(C)c23)c(F)c1.O=S=O. The van der Waals surface area contributed by atoms with Gasteiger partial charge < -0.3 is 19.5 Å². The number of carbonyl (C=O) groups excluding carboxylic acids is 1. The number of aromatic nitrogens is 3. The fraction of sp³-hybridized carbons (Fsp3) is 0.458. The van der Waals surface area contributed by atoms with Crippen molar-refractivity contribution in [1.29, 1.82) is 0 Å². The number of likely N-dealkylation sites (tertiary alicyclic amines) is 1. The number of nitrogens with one attached hydrogen (secondary N) is 1. The molecule has 1 fully saturated rings. The van der Waals surface area contributed by atoms with E-state index in [-0.39, 0.29) is 17.8 Å². The molecule has 0 bridgehead atoms. The van der Waals surface area contributed by atoms with E-state index >= 15 is 0 Å². The third-order valence-corrected chi connectivity index (χ3v) is 5.75. The number of aryl methyl sites for hydroxylation is 2. The average Bonchev–Trinajstić information content (AvgIpc) is 3.13. The van der Waals surface area contributed by atoms with Crippen LogP contribution in [-0.4, -0.2) is 52.6 Å². The van der Waals surface area contributed by atoms with E-state index in [2.05, 4.69) is 21.5 Å². The van der Waals surface area contributed by atoms with Crippen LogP contribution >= 0.6 is 0 Å². The van der Waals surface area contributed by atoms with Crippen molar-refractivity contribution in [3.8, 4) is 0 Å². The number of halogens is 1. The molecule has 1 saturated heterocycles. The van der Waals surface area contributed by atoms with Gasteiger partial charge in [-0.05, 0) is 69.7 Å². The first kappa shape index (κ1) is 26.3. The summed E-state index contributed by atoms with van der Waals surface area (Å²) in [6.45, 7) is 8.76. The Balaban J connectivity index is 0.00000108. The van der Waals surface area contributed by atoms with Crippen LogP contribution in [0.15, 0.2) is 30.7 Å². The molecule has 1 aliphatic rings. The van der Waals surface area contributed by atoms with Crippen molar-refractivity contribution in [2.45, 2.75) is 52.1 Å². The van der Waals surface area contributed by atoms with Gasteiger partial charge in [-0.2, -0.15) is 8.42 Å². The van der Waals surface area contributed by atoms with Gasteiger partial charge in [-0.3, -0.25) is 0 Å². The summed E-state index contributed by atoms with van der Waals surface area (Å²) in [5, 5.41) is 3.13. The van der Waals surface area contributed by atoms with Gasteiger partial charge >= 0.3 is 17.7 Å². The van der Waals surface area contributed by atoms with Crippen LogP contribution in [0.2, 0.25) is 0 Å². The molecule has 0 unspecified atom stereocenters. The number of hydrogen-bond donors (Lipinski definition) is 1. The Morgan fingerprint density at radius 3 is 2.46 bits per heavy atom. The molecular formula is C24H30FN5O4S. The summed E-state index contributed by atoms with van der Waals surface area (Å²) < 4.78 is 38.5. The van der Waals surface area contributed by atoms with E-state index in [1.807, 2.05) is 45.4 Å². The highest BCUT2D eigenvalue weighted by Gasteiger charge is 2.29. The summed E-state index contributed by atoms with van der Waals surface area (Å²) in [4.78, 5) is 23.1. The van der Waals surface area contributed by atoms with Crippen LogP contribution in [0.3, 0.4) is 0 Å². The first-order valence-corrected chi connectivity index (χ1v) is 11.9. The van der Waals surface area contributed by atoms with Gasteiger partial charge in [-0.15, -0.1) is 0 Å². The van der Waals surface area contributed by atoms with Gasteiger partial charge in [0.25, 0.3) is 0 Å². The van der Waals surface area contributed by atoms with Crippen LogP contribution in [0.5, 0.6) is 0 Å². The van der Waals surface area contributed by atoms with E-state index in [1.54, 1.807) is 11.0 Å². The Labute approximate surface area is 207 Å². The third-order valence-electron chi connectivity index (χ3n) is 5.75. The second kappa shape index (κ2) is 10.9. The average molecular weight is 504 g/mol. The monoisotopic (exact) mass is 503 g/mol. The molecule has 3 aromatic rings. The minimum Gasteiger partial charge on any atom is -0.444 e. The number of hydrogen-bond acceptors (Lipinski definition) is 7. The molecule has 188 valence electrons. The smallest absolute Gasteiger partial charge is 0.410 e. The number of rotatable bonds is 3. The van der Waals surface area contributed by atoms with E-state index in [0.717, 1.165) is 35.0 Å². The van der Waals surface area contributed by atoms with Gasteiger partial charge in [0.1, 0.15) is 23.3 Å². The Kier molecular flexibility index (Phi) is 8.21. The summed E-state index contributed by atoms with van der Waals surface area (Å²) in [5.74, 6) is 0.523. The second-order valence-corrected chi connectivity index (χ2v) is 9.67. The van der Waals surface area contributed by atoms with Crippen LogP contribution in [0.4, 0.5) is 20.7 Å². The number of anilines is 2. The van der Waals surface area contributed by atoms with Crippen molar-refractivity contribution in [1.82, 2.24) is 19.4 Å².